The van der Waals surface area contributed by atoms with Crippen molar-refractivity contribution in [2.24, 2.45) is 0 Å². The number of hydrogen-bond donors (Lipinski definition) is 2. The summed E-state index contributed by atoms with van der Waals surface area (Å²) in [5, 5.41) is 6.12. The third-order valence-corrected chi connectivity index (χ3v) is 3.78. The zero-order chi connectivity index (χ0) is 15.2. The van der Waals surface area contributed by atoms with E-state index in [0.29, 0.717) is 0 Å². The van der Waals surface area contributed by atoms with Gasteiger partial charge in [0.2, 0.25) is 5.91 Å². The first kappa shape index (κ1) is 15.6. The maximum atomic E-state index is 12.1. The SMILES string of the molecule is CCc1cccc(C)c1NC(=O)CNc1cccc(Br)c1. The summed E-state index contributed by atoms with van der Waals surface area (Å²) in [6, 6.07) is 13.8. The predicted molar refractivity (Wildman–Crippen MR) is 91.8 cm³/mol. The highest BCUT2D eigenvalue weighted by Gasteiger charge is 2.08. The number of nitrogens with one attached hydrogen (secondary N) is 2. The lowest BCUT2D eigenvalue weighted by Crippen LogP contribution is -2.22. The van der Waals surface area contributed by atoms with E-state index in [9.17, 15) is 4.79 Å². The van der Waals surface area contributed by atoms with E-state index in [4.69, 9.17) is 0 Å². The fourth-order valence-corrected chi connectivity index (χ4v) is 2.57. The maximum Gasteiger partial charge on any atom is 0.243 e. The van der Waals surface area contributed by atoms with Crippen molar-refractivity contribution < 1.29 is 4.79 Å². The maximum absolute atomic E-state index is 12.1. The van der Waals surface area contributed by atoms with Crippen LogP contribution < -0.4 is 10.6 Å². The van der Waals surface area contributed by atoms with Gasteiger partial charge in [-0.05, 0) is 42.7 Å². The fourth-order valence-electron chi connectivity index (χ4n) is 2.17. The Morgan fingerprint density at radius 2 is 1.95 bits per heavy atom. The van der Waals surface area contributed by atoms with Crippen LogP contribution in [0.3, 0.4) is 0 Å². The van der Waals surface area contributed by atoms with Gasteiger partial charge in [-0.1, -0.05) is 47.1 Å². The number of hydrogen-bond acceptors (Lipinski definition) is 2. The van der Waals surface area contributed by atoms with E-state index < -0.39 is 0 Å². The van der Waals surface area contributed by atoms with Crippen molar-refractivity contribution in [1.82, 2.24) is 0 Å². The molecule has 4 heteroatoms. The summed E-state index contributed by atoms with van der Waals surface area (Å²) in [4.78, 5) is 12.1. The van der Waals surface area contributed by atoms with Crippen molar-refractivity contribution in [3.05, 3.63) is 58.1 Å². The molecule has 0 saturated heterocycles. The standard InChI is InChI=1S/C17H19BrN2O/c1-3-13-7-4-6-12(2)17(13)20-16(21)11-19-15-9-5-8-14(18)10-15/h4-10,19H,3,11H2,1-2H3,(H,20,21). The predicted octanol–water partition coefficient (Wildman–Crippen LogP) is 4.37. The van der Waals surface area contributed by atoms with Crippen molar-refractivity contribution in [1.29, 1.82) is 0 Å². The van der Waals surface area contributed by atoms with Crippen molar-refractivity contribution in [2.75, 3.05) is 17.2 Å². The number of para-hydroxylation sites is 1. The van der Waals surface area contributed by atoms with Crippen LogP contribution in [0.25, 0.3) is 0 Å². The molecule has 2 aromatic rings. The van der Waals surface area contributed by atoms with E-state index in [1.807, 2.05) is 49.4 Å². The largest absolute Gasteiger partial charge is 0.376 e. The lowest BCUT2D eigenvalue weighted by Gasteiger charge is -2.13. The third-order valence-electron chi connectivity index (χ3n) is 3.28. The summed E-state index contributed by atoms with van der Waals surface area (Å²) < 4.78 is 0.986. The number of benzene rings is 2. The molecule has 0 bridgehead atoms. The lowest BCUT2D eigenvalue weighted by atomic mass is 10.1. The molecule has 0 spiro atoms. The van der Waals surface area contributed by atoms with Gasteiger partial charge in [0.05, 0.1) is 6.54 Å². The average molecular weight is 347 g/mol. The Morgan fingerprint density at radius 3 is 2.67 bits per heavy atom. The quantitative estimate of drug-likeness (QED) is 0.843. The Bertz CT molecular complexity index is 640. The lowest BCUT2D eigenvalue weighted by molar-refractivity contribution is -0.114. The van der Waals surface area contributed by atoms with Gasteiger partial charge in [-0.15, -0.1) is 0 Å². The second-order valence-electron chi connectivity index (χ2n) is 4.87. The number of carbonyl (C=O) groups excluding carboxylic acids is 1. The average Bonchev–Trinajstić information content (AvgIpc) is 2.47. The van der Waals surface area contributed by atoms with E-state index in [1.54, 1.807) is 0 Å². The fraction of sp³-hybridized carbons (Fsp3) is 0.235. The highest BCUT2D eigenvalue weighted by molar-refractivity contribution is 9.10. The molecular weight excluding hydrogens is 328 g/mol. The van der Waals surface area contributed by atoms with E-state index >= 15 is 0 Å². The molecule has 0 saturated carbocycles. The Hall–Kier alpha value is -1.81. The first-order valence-electron chi connectivity index (χ1n) is 6.98. The minimum atomic E-state index is -0.0426. The molecule has 2 rings (SSSR count). The molecule has 21 heavy (non-hydrogen) atoms. The molecule has 0 heterocycles. The number of carbonyl (C=O) groups is 1. The molecule has 3 nitrogen and oxygen atoms in total. The van der Waals surface area contributed by atoms with Crippen molar-refractivity contribution in [3.63, 3.8) is 0 Å². The van der Waals surface area contributed by atoms with Crippen LogP contribution in [0.5, 0.6) is 0 Å². The normalized spacial score (nSPS) is 10.2. The Balaban J connectivity index is 1.99. The van der Waals surface area contributed by atoms with Gasteiger partial charge in [0.25, 0.3) is 0 Å². The summed E-state index contributed by atoms with van der Waals surface area (Å²) in [6.45, 7) is 4.34. The smallest absolute Gasteiger partial charge is 0.243 e. The minimum Gasteiger partial charge on any atom is -0.376 e. The summed E-state index contributed by atoms with van der Waals surface area (Å²) in [7, 11) is 0. The van der Waals surface area contributed by atoms with Gasteiger partial charge in [0, 0.05) is 15.8 Å². The number of aryl methyl sites for hydroxylation is 2. The Morgan fingerprint density at radius 1 is 1.19 bits per heavy atom. The molecule has 0 radical (unpaired) electrons. The molecule has 0 aliphatic carbocycles. The molecule has 0 atom stereocenters. The second-order valence-corrected chi connectivity index (χ2v) is 5.79. The van der Waals surface area contributed by atoms with Gasteiger partial charge in [0.15, 0.2) is 0 Å². The minimum absolute atomic E-state index is 0.0426. The molecule has 110 valence electrons. The zero-order valence-corrected chi connectivity index (χ0v) is 13.8. The molecule has 0 unspecified atom stereocenters. The zero-order valence-electron chi connectivity index (χ0n) is 12.2. The van der Waals surface area contributed by atoms with Crippen LogP contribution in [0.4, 0.5) is 11.4 Å². The monoisotopic (exact) mass is 346 g/mol. The first-order chi connectivity index (χ1) is 10.1. The molecule has 0 aliphatic heterocycles. The van der Waals surface area contributed by atoms with Crippen LogP contribution in [0.15, 0.2) is 46.9 Å². The molecule has 2 aromatic carbocycles. The van der Waals surface area contributed by atoms with Gasteiger partial charge in [-0.2, -0.15) is 0 Å². The third kappa shape index (κ3) is 4.33. The van der Waals surface area contributed by atoms with Crippen LogP contribution in [0, 0.1) is 6.92 Å². The van der Waals surface area contributed by atoms with Gasteiger partial charge >= 0.3 is 0 Å². The molecular formula is C17H19BrN2O. The molecule has 0 fully saturated rings. The van der Waals surface area contributed by atoms with Gasteiger partial charge in [-0.3, -0.25) is 4.79 Å². The molecule has 1 amide bonds. The van der Waals surface area contributed by atoms with E-state index in [0.717, 1.165) is 33.4 Å². The Kier molecular flexibility index (Phi) is 5.39. The number of amides is 1. The molecule has 2 N–H and O–H groups in total. The molecule has 0 aromatic heterocycles. The van der Waals surface area contributed by atoms with E-state index in [-0.39, 0.29) is 12.5 Å². The summed E-state index contributed by atoms with van der Waals surface area (Å²) >= 11 is 3.41. The first-order valence-corrected chi connectivity index (χ1v) is 7.77. The summed E-state index contributed by atoms with van der Waals surface area (Å²) in [5.41, 5.74) is 4.09. The summed E-state index contributed by atoms with van der Waals surface area (Å²) in [5.74, 6) is -0.0426. The van der Waals surface area contributed by atoms with Gasteiger partial charge in [0.1, 0.15) is 0 Å². The second kappa shape index (κ2) is 7.27. The highest BCUT2D eigenvalue weighted by atomic mass is 79.9. The topological polar surface area (TPSA) is 41.1 Å². The number of rotatable bonds is 5. The van der Waals surface area contributed by atoms with Crippen LogP contribution in [0.2, 0.25) is 0 Å². The van der Waals surface area contributed by atoms with E-state index in [1.165, 1.54) is 0 Å². The Labute approximate surface area is 133 Å². The van der Waals surface area contributed by atoms with Crippen LogP contribution in [0.1, 0.15) is 18.1 Å². The number of halogens is 1. The van der Waals surface area contributed by atoms with Crippen molar-refractivity contribution in [2.45, 2.75) is 20.3 Å². The van der Waals surface area contributed by atoms with Crippen LogP contribution >= 0.6 is 15.9 Å². The highest BCUT2D eigenvalue weighted by Crippen LogP contribution is 2.21. The number of anilines is 2. The van der Waals surface area contributed by atoms with Crippen LogP contribution in [-0.2, 0) is 11.2 Å². The summed E-state index contributed by atoms with van der Waals surface area (Å²) in [6.07, 6.45) is 0.899. The van der Waals surface area contributed by atoms with Crippen LogP contribution in [-0.4, -0.2) is 12.5 Å². The molecule has 0 aliphatic rings. The van der Waals surface area contributed by atoms with Gasteiger partial charge < -0.3 is 10.6 Å². The van der Waals surface area contributed by atoms with Crippen molar-refractivity contribution in [3.8, 4) is 0 Å². The van der Waals surface area contributed by atoms with Gasteiger partial charge in [-0.25, -0.2) is 0 Å². The van der Waals surface area contributed by atoms with Crippen molar-refractivity contribution >= 4 is 33.2 Å². The van der Waals surface area contributed by atoms with E-state index in [2.05, 4.69) is 33.5 Å².